The predicted octanol–water partition coefficient (Wildman–Crippen LogP) is 1.56. The number of hydrogen-bond donors (Lipinski definition) is 3. The van der Waals surface area contributed by atoms with Crippen molar-refractivity contribution < 1.29 is 9.90 Å². The van der Waals surface area contributed by atoms with Crippen molar-refractivity contribution in [1.82, 2.24) is 4.98 Å². The molecule has 2 atom stereocenters. The lowest BCUT2D eigenvalue weighted by Gasteiger charge is -2.20. The third kappa shape index (κ3) is 2.79. The molecule has 0 aliphatic rings. The van der Waals surface area contributed by atoms with E-state index < -0.39 is 11.8 Å². The van der Waals surface area contributed by atoms with E-state index in [0.717, 1.165) is 16.5 Å². The van der Waals surface area contributed by atoms with E-state index in [1.807, 2.05) is 36.5 Å². The molecular formula is C14H15N3O2S. The molecule has 1 aromatic carbocycles. The zero-order chi connectivity index (χ0) is 14.5. The minimum atomic E-state index is -0.924. The van der Waals surface area contributed by atoms with Gasteiger partial charge in [-0.1, -0.05) is 12.1 Å². The number of fused-ring (bicyclic) bond motifs is 1. The Balaban J connectivity index is 2.47. The largest absolute Gasteiger partial charge is 0.396 e. The minimum Gasteiger partial charge on any atom is -0.396 e. The molecule has 2 aromatic rings. The highest BCUT2D eigenvalue weighted by molar-refractivity contribution is 7.99. The number of rotatable bonds is 6. The first kappa shape index (κ1) is 14.4. The summed E-state index contributed by atoms with van der Waals surface area (Å²) in [6, 6.07) is 9.58. The molecule has 4 N–H and O–H groups in total. The molecule has 0 radical (unpaired) electrons. The molecule has 0 aliphatic carbocycles. The molecule has 0 bridgehead atoms. The fourth-order valence-electron chi connectivity index (χ4n) is 2.18. The molecule has 0 spiro atoms. The van der Waals surface area contributed by atoms with Crippen LogP contribution in [-0.4, -0.2) is 28.4 Å². The van der Waals surface area contributed by atoms with Crippen molar-refractivity contribution in [3.05, 3.63) is 36.0 Å². The van der Waals surface area contributed by atoms with Gasteiger partial charge in [0, 0.05) is 22.9 Å². The molecule has 1 heterocycles. The highest BCUT2D eigenvalue weighted by Gasteiger charge is 2.29. The van der Waals surface area contributed by atoms with Gasteiger partial charge < -0.3 is 15.8 Å². The SMILES string of the molecule is N#CC(C(N)=O)C(SCCO)c1cccc2[nH]ccc12. The molecule has 5 nitrogen and oxygen atoms in total. The standard InChI is InChI=1S/C14H15N3O2S/c15-8-11(14(16)19)13(20-7-6-18)10-2-1-3-12-9(10)4-5-17-12/h1-5,11,13,17-18H,6-7H2,(H2,16,19). The van der Waals surface area contributed by atoms with Crippen molar-refractivity contribution in [3.63, 3.8) is 0 Å². The van der Waals surface area contributed by atoms with Crippen molar-refractivity contribution in [2.24, 2.45) is 11.7 Å². The van der Waals surface area contributed by atoms with Crippen LogP contribution in [0.4, 0.5) is 0 Å². The van der Waals surface area contributed by atoms with Crippen LogP contribution in [0.1, 0.15) is 10.8 Å². The Hall–Kier alpha value is -1.97. The molecular weight excluding hydrogens is 274 g/mol. The maximum atomic E-state index is 11.5. The molecule has 1 aromatic heterocycles. The van der Waals surface area contributed by atoms with Gasteiger partial charge in [-0.2, -0.15) is 5.26 Å². The van der Waals surface area contributed by atoms with Crippen molar-refractivity contribution in [2.45, 2.75) is 5.25 Å². The second-order valence-electron chi connectivity index (χ2n) is 4.31. The Labute approximate surface area is 120 Å². The monoisotopic (exact) mass is 289 g/mol. The number of nitrogens with one attached hydrogen (secondary N) is 1. The van der Waals surface area contributed by atoms with Crippen LogP contribution >= 0.6 is 11.8 Å². The maximum absolute atomic E-state index is 11.5. The summed E-state index contributed by atoms with van der Waals surface area (Å²) in [5, 5.41) is 18.8. The van der Waals surface area contributed by atoms with E-state index in [1.165, 1.54) is 11.8 Å². The molecule has 0 saturated carbocycles. The first-order valence-electron chi connectivity index (χ1n) is 6.16. The number of carbonyl (C=O) groups is 1. The predicted molar refractivity (Wildman–Crippen MR) is 78.9 cm³/mol. The molecule has 6 heteroatoms. The Morgan fingerprint density at radius 2 is 2.30 bits per heavy atom. The van der Waals surface area contributed by atoms with Gasteiger partial charge in [0.1, 0.15) is 5.92 Å². The third-order valence-electron chi connectivity index (χ3n) is 3.07. The van der Waals surface area contributed by atoms with Crippen molar-refractivity contribution >= 4 is 28.6 Å². The zero-order valence-corrected chi connectivity index (χ0v) is 11.6. The average Bonchev–Trinajstić information content (AvgIpc) is 2.91. The van der Waals surface area contributed by atoms with Gasteiger partial charge in [-0.05, 0) is 17.7 Å². The third-order valence-corrected chi connectivity index (χ3v) is 4.38. The number of aliphatic hydroxyl groups is 1. The van der Waals surface area contributed by atoms with Crippen LogP contribution < -0.4 is 5.73 Å². The summed E-state index contributed by atoms with van der Waals surface area (Å²) in [7, 11) is 0. The van der Waals surface area contributed by atoms with Crippen molar-refractivity contribution in [1.29, 1.82) is 5.26 Å². The van der Waals surface area contributed by atoms with E-state index in [-0.39, 0.29) is 11.9 Å². The van der Waals surface area contributed by atoms with E-state index >= 15 is 0 Å². The van der Waals surface area contributed by atoms with Crippen LogP contribution in [0.25, 0.3) is 10.9 Å². The fraction of sp³-hybridized carbons (Fsp3) is 0.286. The van der Waals surface area contributed by atoms with Crippen LogP contribution in [-0.2, 0) is 4.79 Å². The van der Waals surface area contributed by atoms with E-state index in [0.29, 0.717) is 5.75 Å². The number of aliphatic hydroxyl groups excluding tert-OH is 1. The quantitative estimate of drug-likeness (QED) is 0.750. The summed E-state index contributed by atoms with van der Waals surface area (Å²) in [5.74, 6) is -1.13. The summed E-state index contributed by atoms with van der Waals surface area (Å²) in [6.07, 6.45) is 1.81. The summed E-state index contributed by atoms with van der Waals surface area (Å²) in [6.45, 7) is -0.0127. The van der Waals surface area contributed by atoms with Gasteiger partial charge in [0.25, 0.3) is 0 Å². The number of hydrogen-bond acceptors (Lipinski definition) is 4. The Morgan fingerprint density at radius 3 is 2.95 bits per heavy atom. The average molecular weight is 289 g/mol. The number of nitrogens with zero attached hydrogens (tertiary/aromatic N) is 1. The molecule has 2 rings (SSSR count). The first-order chi connectivity index (χ1) is 9.69. The van der Waals surface area contributed by atoms with E-state index in [1.54, 1.807) is 0 Å². The summed E-state index contributed by atoms with van der Waals surface area (Å²) in [5.41, 5.74) is 7.16. The number of primary amides is 1. The second-order valence-corrected chi connectivity index (χ2v) is 5.56. The summed E-state index contributed by atoms with van der Waals surface area (Å²) < 4.78 is 0. The lowest BCUT2D eigenvalue weighted by molar-refractivity contribution is -0.120. The second kappa shape index (κ2) is 6.46. The molecule has 2 unspecified atom stereocenters. The molecule has 20 heavy (non-hydrogen) atoms. The van der Waals surface area contributed by atoms with Crippen LogP contribution in [0, 0.1) is 17.2 Å². The highest BCUT2D eigenvalue weighted by Crippen LogP contribution is 2.39. The van der Waals surface area contributed by atoms with Crippen molar-refractivity contribution in [2.75, 3.05) is 12.4 Å². The topological polar surface area (TPSA) is 103 Å². The number of aromatic amines is 1. The fourth-order valence-corrected chi connectivity index (χ4v) is 3.32. The molecule has 104 valence electrons. The number of nitrogens with two attached hydrogens (primary N) is 1. The van der Waals surface area contributed by atoms with Gasteiger partial charge in [0.15, 0.2) is 0 Å². The molecule has 0 saturated heterocycles. The lowest BCUT2D eigenvalue weighted by Crippen LogP contribution is -2.26. The summed E-state index contributed by atoms with van der Waals surface area (Å²) >= 11 is 1.37. The maximum Gasteiger partial charge on any atom is 0.236 e. The van der Waals surface area contributed by atoms with Crippen LogP contribution in [0.5, 0.6) is 0 Å². The van der Waals surface area contributed by atoms with E-state index in [2.05, 4.69) is 4.98 Å². The van der Waals surface area contributed by atoms with Crippen LogP contribution in [0.2, 0.25) is 0 Å². The van der Waals surface area contributed by atoms with Gasteiger partial charge in [-0.15, -0.1) is 11.8 Å². The first-order valence-corrected chi connectivity index (χ1v) is 7.21. The van der Waals surface area contributed by atoms with Crippen LogP contribution in [0.15, 0.2) is 30.5 Å². The van der Waals surface area contributed by atoms with Gasteiger partial charge in [0.2, 0.25) is 5.91 Å². The number of nitriles is 1. The smallest absolute Gasteiger partial charge is 0.236 e. The van der Waals surface area contributed by atoms with E-state index in [9.17, 15) is 10.1 Å². The zero-order valence-electron chi connectivity index (χ0n) is 10.7. The number of benzene rings is 1. The lowest BCUT2D eigenvalue weighted by atomic mass is 9.96. The number of carbonyl (C=O) groups excluding carboxylic acids is 1. The normalized spacial score (nSPS) is 13.8. The number of thioether (sulfide) groups is 1. The van der Waals surface area contributed by atoms with Crippen molar-refractivity contribution in [3.8, 4) is 6.07 Å². The molecule has 1 amide bonds. The van der Waals surface area contributed by atoms with Crippen LogP contribution in [0.3, 0.4) is 0 Å². The molecule has 0 aliphatic heterocycles. The molecule has 0 fully saturated rings. The number of aromatic nitrogens is 1. The van der Waals surface area contributed by atoms with Gasteiger partial charge in [0.05, 0.1) is 17.9 Å². The summed E-state index contributed by atoms with van der Waals surface area (Å²) in [4.78, 5) is 14.6. The van der Waals surface area contributed by atoms with Gasteiger partial charge in [-0.25, -0.2) is 0 Å². The minimum absolute atomic E-state index is 0.0127. The van der Waals surface area contributed by atoms with E-state index in [4.69, 9.17) is 10.8 Å². The number of H-pyrrole nitrogens is 1. The van der Waals surface area contributed by atoms with Gasteiger partial charge >= 0.3 is 0 Å². The highest BCUT2D eigenvalue weighted by atomic mass is 32.2. The Kier molecular flexibility index (Phi) is 4.66. The Bertz CT molecular complexity index is 647. The number of amides is 1. The Morgan fingerprint density at radius 1 is 1.50 bits per heavy atom. The van der Waals surface area contributed by atoms with Gasteiger partial charge in [-0.3, -0.25) is 4.79 Å².